The number of hydrogen-bond donors (Lipinski definition) is 3. The van der Waals surface area contributed by atoms with Gasteiger partial charge >= 0.3 is 0 Å². The van der Waals surface area contributed by atoms with Gasteiger partial charge in [0.05, 0.1) is 11.0 Å². The molecular weight excluding hydrogens is 358 g/mol. The molecule has 0 saturated carbocycles. The second kappa shape index (κ2) is 10.3. The van der Waals surface area contributed by atoms with Crippen molar-refractivity contribution < 1.29 is 4.79 Å². The van der Waals surface area contributed by atoms with Gasteiger partial charge in [-0.05, 0) is 56.6 Å². The topological polar surface area (TPSA) is 71.0 Å². The molecule has 148 valence electrons. The van der Waals surface area contributed by atoms with E-state index in [9.17, 15) is 4.79 Å². The number of carbonyl (C=O) groups excluding carboxylic acids is 1. The van der Waals surface area contributed by atoms with Crippen LogP contribution in [-0.4, -0.2) is 27.1 Å². The average molecular weight is 390 g/mol. The zero-order valence-electron chi connectivity index (χ0n) is 16.8. The summed E-state index contributed by atoms with van der Waals surface area (Å²) in [7, 11) is 0. The van der Waals surface area contributed by atoms with E-state index in [1.807, 2.05) is 13.0 Å². The number of hydrogen-bond acceptors (Lipinski definition) is 3. The van der Waals surface area contributed by atoms with Gasteiger partial charge in [-0.15, -0.1) is 0 Å². The number of carbonyl (C=O) groups is 1. The third-order valence-electron chi connectivity index (χ3n) is 4.90. The molecule has 0 aliphatic heterocycles. The molecule has 0 unspecified atom stereocenters. The van der Waals surface area contributed by atoms with Crippen LogP contribution >= 0.6 is 12.2 Å². The van der Waals surface area contributed by atoms with E-state index in [-0.39, 0.29) is 5.91 Å². The number of hydrazine groups is 1. The third-order valence-corrected chi connectivity index (χ3v) is 5.15. The second-order valence-corrected chi connectivity index (χ2v) is 7.22. The zero-order valence-corrected chi connectivity index (χ0v) is 17.6. The van der Waals surface area contributed by atoms with E-state index in [1.165, 1.54) is 19.3 Å². The second-order valence-electron chi connectivity index (χ2n) is 6.81. The van der Waals surface area contributed by atoms with Crippen LogP contribution in [0.4, 0.5) is 0 Å². The van der Waals surface area contributed by atoms with Crippen LogP contribution in [0, 0.1) is 12.8 Å². The average Bonchev–Trinajstić information content (AvgIpc) is 3.00. The maximum absolute atomic E-state index is 12.4. The number of rotatable bonds is 8. The first kappa shape index (κ1) is 21.2. The number of benzene rings is 1. The van der Waals surface area contributed by atoms with Crippen LogP contribution in [0.3, 0.4) is 0 Å². The molecule has 2 aromatic rings. The lowest BCUT2D eigenvalue weighted by atomic mass is 9.99. The number of nitrogens with one attached hydrogen (secondary N) is 3. The van der Waals surface area contributed by atoms with Crippen molar-refractivity contribution >= 4 is 34.3 Å². The molecule has 1 heterocycles. The molecular formula is C20H31N5OS. The van der Waals surface area contributed by atoms with Gasteiger partial charge < -0.3 is 9.88 Å². The lowest BCUT2D eigenvalue weighted by Gasteiger charge is -2.17. The summed E-state index contributed by atoms with van der Waals surface area (Å²) in [5.41, 5.74) is 7.85. The summed E-state index contributed by atoms with van der Waals surface area (Å²) in [5.74, 6) is 1.31. The standard InChI is InChI=1S/C20H31N5OS/c1-5-8-9-15(6-2)13-21-20(27)24-23-19(26)16-10-11-18-17(12-16)22-14(4)25(18)7-3/h10-12,15H,5-9,13H2,1-4H3,(H,23,26)(H2,21,24,27)/t15-/m0/s1. The molecule has 1 amide bonds. The lowest BCUT2D eigenvalue weighted by Crippen LogP contribution is -2.47. The van der Waals surface area contributed by atoms with Crippen LogP contribution in [0.5, 0.6) is 0 Å². The molecule has 1 aromatic carbocycles. The van der Waals surface area contributed by atoms with Gasteiger partial charge in [0.25, 0.3) is 5.91 Å². The van der Waals surface area contributed by atoms with Crippen molar-refractivity contribution in [2.75, 3.05) is 6.54 Å². The van der Waals surface area contributed by atoms with Gasteiger partial charge in [0, 0.05) is 18.7 Å². The van der Waals surface area contributed by atoms with Gasteiger partial charge in [0.1, 0.15) is 5.82 Å². The Balaban J connectivity index is 1.88. The fraction of sp³-hybridized carbons (Fsp3) is 0.550. The van der Waals surface area contributed by atoms with Crippen LogP contribution in [0.2, 0.25) is 0 Å². The van der Waals surface area contributed by atoms with Gasteiger partial charge in [-0.3, -0.25) is 15.6 Å². The number of aromatic nitrogens is 2. The summed E-state index contributed by atoms with van der Waals surface area (Å²) in [6.07, 6.45) is 4.74. The van der Waals surface area contributed by atoms with Crippen LogP contribution < -0.4 is 16.2 Å². The number of aryl methyl sites for hydroxylation is 2. The summed E-state index contributed by atoms with van der Waals surface area (Å²) >= 11 is 5.26. The van der Waals surface area contributed by atoms with Crippen molar-refractivity contribution in [1.82, 2.24) is 25.7 Å². The maximum Gasteiger partial charge on any atom is 0.269 e. The van der Waals surface area contributed by atoms with E-state index >= 15 is 0 Å². The fourth-order valence-electron chi connectivity index (χ4n) is 3.20. The van der Waals surface area contributed by atoms with E-state index in [4.69, 9.17) is 12.2 Å². The molecule has 0 bridgehead atoms. The van der Waals surface area contributed by atoms with Crippen LogP contribution in [0.25, 0.3) is 11.0 Å². The maximum atomic E-state index is 12.4. The number of unbranched alkanes of at least 4 members (excludes halogenated alkanes) is 1. The summed E-state index contributed by atoms with van der Waals surface area (Å²) in [6, 6.07) is 5.55. The highest BCUT2D eigenvalue weighted by atomic mass is 32.1. The quantitative estimate of drug-likeness (QED) is 0.474. The van der Waals surface area contributed by atoms with Crippen LogP contribution in [0.15, 0.2) is 18.2 Å². The third kappa shape index (κ3) is 5.66. The molecule has 0 radical (unpaired) electrons. The highest BCUT2D eigenvalue weighted by Crippen LogP contribution is 2.17. The SMILES string of the molecule is CCCC[C@H](CC)CNC(=S)NNC(=O)c1ccc2c(c1)nc(C)n2CC. The highest BCUT2D eigenvalue weighted by Gasteiger charge is 2.11. The Hall–Kier alpha value is -2.15. The minimum absolute atomic E-state index is 0.234. The number of fused-ring (bicyclic) bond motifs is 1. The van der Waals surface area contributed by atoms with Crippen molar-refractivity contribution in [3.05, 3.63) is 29.6 Å². The molecule has 7 heteroatoms. The first-order valence-electron chi connectivity index (χ1n) is 9.81. The minimum Gasteiger partial charge on any atom is -0.361 e. The Bertz CT molecular complexity index is 786. The normalized spacial score (nSPS) is 12.0. The Morgan fingerprint density at radius 1 is 1.26 bits per heavy atom. The van der Waals surface area contributed by atoms with E-state index in [1.54, 1.807) is 12.1 Å². The number of nitrogens with zero attached hydrogens (tertiary/aromatic N) is 2. The molecule has 6 nitrogen and oxygen atoms in total. The largest absolute Gasteiger partial charge is 0.361 e. The van der Waals surface area contributed by atoms with Crippen molar-refractivity contribution in [2.24, 2.45) is 5.92 Å². The predicted octanol–water partition coefficient (Wildman–Crippen LogP) is 3.69. The van der Waals surface area contributed by atoms with Gasteiger partial charge in [-0.1, -0.05) is 33.1 Å². The molecule has 3 N–H and O–H groups in total. The van der Waals surface area contributed by atoms with Gasteiger partial charge in [0.2, 0.25) is 0 Å². The van der Waals surface area contributed by atoms with E-state index in [0.717, 1.165) is 36.4 Å². The molecule has 27 heavy (non-hydrogen) atoms. The Kier molecular flexibility index (Phi) is 8.03. The van der Waals surface area contributed by atoms with Crippen LogP contribution in [-0.2, 0) is 6.54 Å². The summed E-state index contributed by atoms with van der Waals surface area (Å²) in [4.78, 5) is 16.9. The molecule has 1 aromatic heterocycles. The summed E-state index contributed by atoms with van der Waals surface area (Å²) in [6.45, 7) is 10.1. The van der Waals surface area contributed by atoms with E-state index in [2.05, 4.69) is 46.5 Å². The van der Waals surface area contributed by atoms with Gasteiger partial charge in [0.15, 0.2) is 5.11 Å². The zero-order chi connectivity index (χ0) is 19.8. The first-order chi connectivity index (χ1) is 13.0. The first-order valence-corrected chi connectivity index (χ1v) is 10.2. The highest BCUT2D eigenvalue weighted by molar-refractivity contribution is 7.80. The van der Waals surface area contributed by atoms with Crippen molar-refractivity contribution in [3.8, 4) is 0 Å². The van der Waals surface area contributed by atoms with E-state index < -0.39 is 0 Å². The molecule has 0 spiro atoms. The smallest absolute Gasteiger partial charge is 0.269 e. The Morgan fingerprint density at radius 3 is 2.70 bits per heavy atom. The van der Waals surface area contributed by atoms with E-state index in [0.29, 0.717) is 16.6 Å². The number of thiocarbonyl (C=S) groups is 1. The predicted molar refractivity (Wildman–Crippen MR) is 115 cm³/mol. The monoisotopic (exact) mass is 389 g/mol. The van der Waals surface area contributed by atoms with Crippen molar-refractivity contribution in [2.45, 2.75) is 59.9 Å². The molecule has 0 fully saturated rings. The Labute approximate surface area is 167 Å². The van der Waals surface area contributed by atoms with Crippen molar-refractivity contribution in [3.63, 3.8) is 0 Å². The summed E-state index contributed by atoms with van der Waals surface area (Å²) < 4.78 is 2.12. The minimum atomic E-state index is -0.234. The van der Waals surface area contributed by atoms with Crippen LogP contribution in [0.1, 0.15) is 62.6 Å². The fourth-order valence-corrected chi connectivity index (χ4v) is 3.34. The number of imidazole rings is 1. The molecule has 0 saturated heterocycles. The molecule has 2 rings (SSSR count). The number of amides is 1. The van der Waals surface area contributed by atoms with Crippen molar-refractivity contribution in [1.29, 1.82) is 0 Å². The molecule has 1 atom stereocenters. The Morgan fingerprint density at radius 2 is 2.04 bits per heavy atom. The van der Waals surface area contributed by atoms with Gasteiger partial charge in [-0.2, -0.15) is 0 Å². The molecule has 0 aliphatic carbocycles. The molecule has 0 aliphatic rings. The lowest BCUT2D eigenvalue weighted by molar-refractivity contribution is 0.0943. The van der Waals surface area contributed by atoms with Gasteiger partial charge in [-0.25, -0.2) is 4.98 Å². The summed E-state index contributed by atoms with van der Waals surface area (Å²) in [5, 5.41) is 3.62.